The smallest absolute Gasteiger partial charge is 0.251 e. The summed E-state index contributed by atoms with van der Waals surface area (Å²) in [7, 11) is 1.60. The van der Waals surface area contributed by atoms with Crippen molar-refractivity contribution in [1.82, 2.24) is 10.2 Å². The van der Waals surface area contributed by atoms with E-state index in [0.29, 0.717) is 17.9 Å². The highest BCUT2D eigenvalue weighted by molar-refractivity contribution is 6.30. The number of methoxy groups -OCH3 is 1. The summed E-state index contributed by atoms with van der Waals surface area (Å²) in [6.07, 6.45) is 0. The van der Waals surface area contributed by atoms with Gasteiger partial charge in [0.25, 0.3) is 5.91 Å². The van der Waals surface area contributed by atoms with Crippen molar-refractivity contribution in [3.05, 3.63) is 59.1 Å². The van der Waals surface area contributed by atoms with Gasteiger partial charge in [-0.3, -0.25) is 9.69 Å². The molecule has 1 saturated heterocycles. The van der Waals surface area contributed by atoms with E-state index >= 15 is 0 Å². The molecule has 0 atom stereocenters. The molecule has 0 saturated carbocycles. The number of carbonyl (C=O) groups excluding carboxylic acids is 1. The fraction of sp³-hybridized carbons (Fsp3) is 0.350. The van der Waals surface area contributed by atoms with Gasteiger partial charge in [-0.05, 0) is 36.4 Å². The molecule has 0 unspecified atom stereocenters. The Morgan fingerprint density at radius 1 is 1.12 bits per heavy atom. The molecule has 3 rings (SSSR count). The third kappa shape index (κ3) is 4.90. The van der Waals surface area contributed by atoms with Crippen LogP contribution in [-0.2, 0) is 0 Å². The minimum Gasteiger partial charge on any atom is -0.497 e. The molecule has 1 heterocycles. The van der Waals surface area contributed by atoms with Crippen LogP contribution < -0.4 is 15.0 Å². The molecule has 1 aliphatic rings. The number of piperazine rings is 1. The molecule has 1 amide bonds. The van der Waals surface area contributed by atoms with E-state index in [-0.39, 0.29) is 5.91 Å². The summed E-state index contributed by atoms with van der Waals surface area (Å²) >= 11 is 6.08. The molecule has 5 nitrogen and oxygen atoms in total. The van der Waals surface area contributed by atoms with E-state index in [0.717, 1.165) is 37.7 Å². The zero-order valence-electron chi connectivity index (χ0n) is 15.0. The summed E-state index contributed by atoms with van der Waals surface area (Å²) in [5.74, 6) is 0.622. The van der Waals surface area contributed by atoms with E-state index in [1.165, 1.54) is 5.69 Å². The standard InChI is InChI=1S/C20H24ClN3O2/c1-26-19-7-2-4-16(14-19)20(25)22-8-9-23-10-12-24(13-11-23)18-6-3-5-17(21)15-18/h2-7,14-15H,8-13H2,1H3,(H,22,25). The van der Waals surface area contributed by atoms with Gasteiger partial charge < -0.3 is 15.0 Å². The molecule has 138 valence electrons. The topological polar surface area (TPSA) is 44.8 Å². The van der Waals surface area contributed by atoms with E-state index in [1.54, 1.807) is 19.2 Å². The number of rotatable bonds is 6. The van der Waals surface area contributed by atoms with Gasteiger partial charge in [-0.15, -0.1) is 0 Å². The summed E-state index contributed by atoms with van der Waals surface area (Å²) in [5.41, 5.74) is 1.79. The molecule has 26 heavy (non-hydrogen) atoms. The lowest BCUT2D eigenvalue weighted by molar-refractivity contribution is 0.0947. The summed E-state index contributed by atoms with van der Waals surface area (Å²) in [5, 5.41) is 3.75. The number of nitrogens with zero attached hydrogens (tertiary/aromatic N) is 2. The Morgan fingerprint density at radius 3 is 2.62 bits per heavy atom. The zero-order valence-corrected chi connectivity index (χ0v) is 15.7. The van der Waals surface area contributed by atoms with E-state index in [1.807, 2.05) is 30.3 Å². The maximum atomic E-state index is 12.2. The molecule has 2 aromatic carbocycles. The lowest BCUT2D eigenvalue weighted by Gasteiger charge is -2.36. The second-order valence-corrected chi connectivity index (χ2v) is 6.73. The third-order valence-corrected chi connectivity index (χ3v) is 4.83. The largest absolute Gasteiger partial charge is 0.497 e. The fourth-order valence-corrected chi connectivity index (χ4v) is 3.28. The van der Waals surface area contributed by atoms with Crippen LogP contribution in [0.3, 0.4) is 0 Å². The highest BCUT2D eigenvalue weighted by Crippen LogP contribution is 2.20. The van der Waals surface area contributed by atoms with Crippen molar-refractivity contribution < 1.29 is 9.53 Å². The first kappa shape index (κ1) is 18.5. The number of ether oxygens (including phenoxy) is 1. The number of carbonyl (C=O) groups is 1. The molecule has 2 aromatic rings. The molecular formula is C20H24ClN3O2. The van der Waals surface area contributed by atoms with Gasteiger partial charge >= 0.3 is 0 Å². The third-order valence-electron chi connectivity index (χ3n) is 4.59. The van der Waals surface area contributed by atoms with E-state index in [4.69, 9.17) is 16.3 Å². The number of halogens is 1. The van der Waals surface area contributed by atoms with Gasteiger partial charge in [0.1, 0.15) is 5.75 Å². The van der Waals surface area contributed by atoms with Crippen molar-refractivity contribution in [2.45, 2.75) is 0 Å². The summed E-state index contributed by atoms with van der Waals surface area (Å²) < 4.78 is 5.16. The maximum absolute atomic E-state index is 12.2. The van der Waals surface area contributed by atoms with E-state index in [9.17, 15) is 4.79 Å². The van der Waals surface area contributed by atoms with Crippen LogP contribution in [0, 0.1) is 0 Å². The van der Waals surface area contributed by atoms with Crippen molar-refractivity contribution in [1.29, 1.82) is 0 Å². The predicted octanol–water partition coefficient (Wildman–Crippen LogP) is 2.90. The average molecular weight is 374 g/mol. The van der Waals surface area contributed by atoms with E-state index in [2.05, 4.69) is 21.2 Å². The maximum Gasteiger partial charge on any atom is 0.251 e. The monoisotopic (exact) mass is 373 g/mol. The molecule has 6 heteroatoms. The second kappa shape index (κ2) is 8.92. The normalized spacial score (nSPS) is 14.9. The van der Waals surface area contributed by atoms with Gasteiger partial charge in [0.05, 0.1) is 7.11 Å². The van der Waals surface area contributed by atoms with Crippen LogP contribution in [0.2, 0.25) is 5.02 Å². The zero-order chi connectivity index (χ0) is 18.4. The Morgan fingerprint density at radius 2 is 1.88 bits per heavy atom. The van der Waals surface area contributed by atoms with Gasteiger partial charge in [-0.2, -0.15) is 0 Å². The van der Waals surface area contributed by atoms with Crippen LogP contribution in [0.1, 0.15) is 10.4 Å². The number of benzene rings is 2. The minimum atomic E-state index is -0.0681. The lowest BCUT2D eigenvalue weighted by Crippen LogP contribution is -2.48. The molecule has 1 N–H and O–H groups in total. The second-order valence-electron chi connectivity index (χ2n) is 6.30. The van der Waals surface area contributed by atoms with Crippen LogP contribution in [-0.4, -0.2) is 57.2 Å². The minimum absolute atomic E-state index is 0.0681. The Bertz CT molecular complexity index is 745. The molecule has 0 aromatic heterocycles. The predicted molar refractivity (Wildman–Crippen MR) is 105 cm³/mol. The van der Waals surface area contributed by atoms with Crippen molar-refractivity contribution in [3.63, 3.8) is 0 Å². The van der Waals surface area contributed by atoms with Crippen LogP contribution >= 0.6 is 11.6 Å². The molecule has 0 bridgehead atoms. The molecule has 1 aliphatic heterocycles. The van der Waals surface area contributed by atoms with Crippen molar-refractivity contribution in [2.24, 2.45) is 0 Å². The number of anilines is 1. The number of nitrogens with one attached hydrogen (secondary N) is 1. The highest BCUT2D eigenvalue weighted by Gasteiger charge is 2.17. The van der Waals surface area contributed by atoms with Crippen molar-refractivity contribution >= 4 is 23.2 Å². The van der Waals surface area contributed by atoms with Crippen LogP contribution in [0.4, 0.5) is 5.69 Å². The average Bonchev–Trinajstić information content (AvgIpc) is 2.68. The Labute approximate surface area is 159 Å². The van der Waals surface area contributed by atoms with Gasteiger partial charge in [-0.25, -0.2) is 0 Å². The number of hydrogen-bond acceptors (Lipinski definition) is 4. The Hall–Kier alpha value is -2.24. The van der Waals surface area contributed by atoms with Crippen LogP contribution in [0.5, 0.6) is 5.75 Å². The summed E-state index contributed by atoms with van der Waals surface area (Å²) in [6, 6.07) is 15.2. The first-order chi connectivity index (χ1) is 12.7. The first-order valence-electron chi connectivity index (χ1n) is 8.81. The fourth-order valence-electron chi connectivity index (χ4n) is 3.10. The van der Waals surface area contributed by atoms with Crippen molar-refractivity contribution in [3.8, 4) is 5.75 Å². The molecule has 0 radical (unpaired) electrons. The summed E-state index contributed by atoms with van der Waals surface area (Å²) in [4.78, 5) is 16.9. The lowest BCUT2D eigenvalue weighted by atomic mass is 10.2. The van der Waals surface area contributed by atoms with Crippen LogP contribution in [0.25, 0.3) is 0 Å². The van der Waals surface area contributed by atoms with Crippen LogP contribution in [0.15, 0.2) is 48.5 Å². The first-order valence-corrected chi connectivity index (χ1v) is 9.18. The Balaban J connectivity index is 1.42. The Kier molecular flexibility index (Phi) is 6.36. The van der Waals surface area contributed by atoms with Gasteiger partial charge in [0.15, 0.2) is 0 Å². The molecule has 0 spiro atoms. The van der Waals surface area contributed by atoms with Gasteiger partial charge in [-0.1, -0.05) is 23.7 Å². The van der Waals surface area contributed by atoms with Gasteiger partial charge in [0.2, 0.25) is 0 Å². The molecule has 1 fully saturated rings. The van der Waals surface area contributed by atoms with E-state index < -0.39 is 0 Å². The quantitative estimate of drug-likeness (QED) is 0.845. The highest BCUT2D eigenvalue weighted by atomic mass is 35.5. The SMILES string of the molecule is COc1cccc(C(=O)NCCN2CCN(c3cccc(Cl)c3)CC2)c1. The summed E-state index contributed by atoms with van der Waals surface area (Å²) in [6.45, 7) is 5.35. The van der Waals surface area contributed by atoms with Crippen molar-refractivity contribution in [2.75, 3.05) is 51.3 Å². The molecular weight excluding hydrogens is 350 g/mol. The van der Waals surface area contributed by atoms with Gasteiger partial charge in [0, 0.05) is 55.5 Å². The number of hydrogen-bond donors (Lipinski definition) is 1. The molecule has 0 aliphatic carbocycles. The number of amides is 1.